The Bertz CT molecular complexity index is 567. The predicted octanol–water partition coefficient (Wildman–Crippen LogP) is 1.80. The van der Waals surface area contributed by atoms with Gasteiger partial charge in [0, 0.05) is 36.7 Å². The highest BCUT2D eigenvalue weighted by Crippen LogP contribution is 2.20. The van der Waals surface area contributed by atoms with Crippen molar-refractivity contribution in [2.24, 2.45) is 5.92 Å². The third kappa shape index (κ3) is 4.15. The minimum Gasteiger partial charge on any atom is -0.353 e. The van der Waals surface area contributed by atoms with E-state index in [0.29, 0.717) is 19.1 Å². The summed E-state index contributed by atoms with van der Waals surface area (Å²) in [4.78, 5) is 26.8. The van der Waals surface area contributed by atoms with Crippen LogP contribution in [0.2, 0.25) is 0 Å². The second-order valence-corrected chi connectivity index (χ2v) is 7.02. The number of carbonyl (C=O) groups is 2. The van der Waals surface area contributed by atoms with Gasteiger partial charge < -0.3 is 15.5 Å². The highest BCUT2D eigenvalue weighted by atomic mass is 16.2. The van der Waals surface area contributed by atoms with E-state index in [1.165, 1.54) is 0 Å². The molecule has 0 saturated carbocycles. The zero-order chi connectivity index (χ0) is 16.9. The van der Waals surface area contributed by atoms with E-state index in [0.717, 1.165) is 37.8 Å². The Labute approximate surface area is 143 Å². The van der Waals surface area contributed by atoms with Crippen LogP contribution < -0.4 is 10.6 Å². The van der Waals surface area contributed by atoms with Crippen LogP contribution >= 0.6 is 0 Å². The van der Waals surface area contributed by atoms with E-state index in [-0.39, 0.29) is 23.8 Å². The Morgan fingerprint density at radius 3 is 2.50 bits per heavy atom. The fourth-order valence-electron chi connectivity index (χ4n) is 3.69. The Morgan fingerprint density at radius 2 is 1.83 bits per heavy atom. The summed E-state index contributed by atoms with van der Waals surface area (Å²) in [6.45, 7) is 4.45. The van der Waals surface area contributed by atoms with Crippen molar-refractivity contribution < 1.29 is 9.59 Å². The summed E-state index contributed by atoms with van der Waals surface area (Å²) in [5, 5.41) is 6.62. The van der Waals surface area contributed by atoms with Crippen LogP contribution in [0.4, 0.5) is 0 Å². The third-order valence-corrected chi connectivity index (χ3v) is 5.14. The largest absolute Gasteiger partial charge is 0.353 e. The first-order valence-electron chi connectivity index (χ1n) is 9.01. The van der Waals surface area contributed by atoms with Crippen molar-refractivity contribution in [1.82, 2.24) is 15.5 Å². The van der Waals surface area contributed by atoms with Gasteiger partial charge in [-0.2, -0.15) is 0 Å². The lowest BCUT2D eigenvalue weighted by Crippen LogP contribution is -2.49. The maximum atomic E-state index is 12.5. The zero-order valence-corrected chi connectivity index (χ0v) is 14.3. The van der Waals surface area contributed by atoms with Gasteiger partial charge in [0.15, 0.2) is 0 Å². The molecule has 3 rings (SSSR count). The van der Waals surface area contributed by atoms with E-state index in [1.807, 2.05) is 35.2 Å². The third-order valence-electron chi connectivity index (χ3n) is 5.14. The number of rotatable bonds is 3. The summed E-state index contributed by atoms with van der Waals surface area (Å²) in [5.41, 5.74) is 0.726. The number of nitrogens with zero attached hydrogens (tertiary/aromatic N) is 1. The molecule has 2 N–H and O–H groups in total. The molecule has 2 saturated heterocycles. The van der Waals surface area contributed by atoms with Gasteiger partial charge in [0.1, 0.15) is 0 Å². The van der Waals surface area contributed by atoms with E-state index >= 15 is 0 Å². The molecule has 24 heavy (non-hydrogen) atoms. The highest BCUT2D eigenvalue weighted by Gasteiger charge is 2.29. The van der Waals surface area contributed by atoms with Crippen molar-refractivity contribution in [2.75, 3.05) is 19.6 Å². The highest BCUT2D eigenvalue weighted by molar-refractivity contribution is 5.94. The first-order chi connectivity index (χ1) is 11.6. The molecule has 1 aromatic carbocycles. The molecule has 0 radical (unpaired) electrons. The number of hydrogen-bond acceptors (Lipinski definition) is 3. The topological polar surface area (TPSA) is 61.4 Å². The average Bonchev–Trinajstić information content (AvgIpc) is 2.62. The molecule has 0 aromatic heterocycles. The second kappa shape index (κ2) is 7.79. The molecule has 0 aliphatic carbocycles. The lowest BCUT2D eigenvalue weighted by atomic mass is 9.93. The summed E-state index contributed by atoms with van der Waals surface area (Å²) in [6.07, 6.45) is 3.51. The van der Waals surface area contributed by atoms with Crippen molar-refractivity contribution in [3.63, 3.8) is 0 Å². The number of benzene rings is 1. The van der Waals surface area contributed by atoms with Crippen LogP contribution in [0.3, 0.4) is 0 Å². The van der Waals surface area contributed by atoms with Gasteiger partial charge in [0.25, 0.3) is 5.91 Å². The molecule has 130 valence electrons. The number of hydrogen-bond donors (Lipinski definition) is 2. The number of piperidine rings is 2. The fourth-order valence-corrected chi connectivity index (χ4v) is 3.69. The first-order valence-corrected chi connectivity index (χ1v) is 9.01. The van der Waals surface area contributed by atoms with Crippen LogP contribution in [0.1, 0.15) is 43.0 Å². The van der Waals surface area contributed by atoms with E-state index in [4.69, 9.17) is 0 Å². The number of likely N-dealkylation sites (tertiary alicyclic amines) is 1. The van der Waals surface area contributed by atoms with E-state index in [9.17, 15) is 9.59 Å². The van der Waals surface area contributed by atoms with Crippen LogP contribution in [0.25, 0.3) is 0 Å². The van der Waals surface area contributed by atoms with E-state index in [2.05, 4.69) is 17.6 Å². The second-order valence-electron chi connectivity index (χ2n) is 7.02. The quantitative estimate of drug-likeness (QED) is 0.889. The number of nitrogens with one attached hydrogen (secondary N) is 2. The summed E-state index contributed by atoms with van der Waals surface area (Å²) in [6, 6.07) is 10.1. The molecule has 2 heterocycles. The van der Waals surface area contributed by atoms with Crippen LogP contribution in [0, 0.1) is 5.92 Å². The van der Waals surface area contributed by atoms with Gasteiger partial charge in [-0.05, 0) is 51.3 Å². The molecule has 2 unspecified atom stereocenters. The van der Waals surface area contributed by atoms with Crippen molar-refractivity contribution in [2.45, 2.75) is 44.7 Å². The lowest BCUT2D eigenvalue weighted by molar-refractivity contribution is -0.127. The summed E-state index contributed by atoms with van der Waals surface area (Å²) in [7, 11) is 0. The van der Waals surface area contributed by atoms with Gasteiger partial charge >= 0.3 is 0 Å². The first kappa shape index (κ1) is 17.0. The fraction of sp³-hybridized carbons (Fsp3) is 0.579. The Balaban J connectivity index is 1.48. The summed E-state index contributed by atoms with van der Waals surface area (Å²) >= 11 is 0. The van der Waals surface area contributed by atoms with Crippen molar-refractivity contribution in [1.29, 1.82) is 0 Å². The summed E-state index contributed by atoms with van der Waals surface area (Å²) in [5.74, 6) is 0.276. The molecule has 2 aliphatic rings. The predicted molar refractivity (Wildman–Crippen MR) is 93.7 cm³/mol. The van der Waals surface area contributed by atoms with E-state index < -0.39 is 0 Å². The number of carbonyl (C=O) groups excluding carboxylic acids is 2. The molecule has 2 aliphatic heterocycles. The molecule has 5 heteroatoms. The van der Waals surface area contributed by atoms with Crippen LogP contribution in [0.15, 0.2) is 30.3 Å². The molecular weight excluding hydrogens is 302 g/mol. The SMILES string of the molecule is CC1CC(NC(=O)C2CCN(C(=O)c3ccccc3)CC2)CCN1. The van der Waals surface area contributed by atoms with Crippen LogP contribution in [-0.2, 0) is 4.79 Å². The molecule has 1 aromatic rings. The monoisotopic (exact) mass is 329 g/mol. The van der Waals surface area contributed by atoms with Gasteiger partial charge in [-0.25, -0.2) is 0 Å². The van der Waals surface area contributed by atoms with Crippen LogP contribution in [-0.4, -0.2) is 48.4 Å². The maximum Gasteiger partial charge on any atom is 0.253 e. The molecule has 2 amide bonds. The molecule has 2 atom stereocenters. The van der Waals surface area contributed by atoms with Crippen molar-refractivity contribution in [3.05, 3.63) is 35.9 Å². The smallest absolute Gasteiger partial charge is 0.253 e. The van der Waals surface area contributed by atoms with Crippen LogP contribution in [0.5, 0.6) is 0 Å². The summed E-state index contributed by atoms with van der Waals surface area (Å²) < 4.78 is 0. The Kier molecular flexibility index (Phi) is 5.51. The normalized spacial score (nSPS) is 25.3. The van der Waals surface area contributed by atoms with E-state index in [1.54, 1.807) is 0 Å². The minimum atomic E-state index is 0.0371. The minimum absolute atomic E-state index is 0.0371. The van der Waals surface area contributed by atoms with Gasteiger partial charge in [-0.15, -0.1) is 0 Å². The van der Waals surface area contributed by atoms with Gasteiger partial charge in [0.05, 0.1) is 0 Å². The average molecular weight is 329 g/mol. The Hall–Kier alpha value is -1.88. The zero-order valence-electron chi connectivity index (χ0n) is 14.3. The molecule has 5 nitrogen and oxygen atoms in total. The van der Waals surface area contributed by atoms with Crippen molar-refractivity contribution in [3.8, 4) is 0 Å². The van der Waals surface area contributed by atoms with Crippen molar-refractivity contribution >= 4 is 11.8 Å². The van der Waals surface area contributed by atoms with Gasteiger partial charge in [-0.3, -0.25) is 9.59 Å². The van der Waals surface area contributed by atoms with Gasteiger partial charge in [0.2, 0.25) is 5.91 Å². The standard InChI is InChI=1S/C19H27N3O2/c1-14-13-17(7-10-20-14)21-18(23)15-8-11-22(12-9-15)19(24)16-5-3-2-4-6-16/h2-6,14-15,17,20H,7-13H2,1H3,(H,21,23). The maximum absolute atomic E-state index is 12.5. The Morgan fingerprint density at radius 1 is 1.12 bits per heavy atom. The molecule has 0 spiro atoms. The molecule has 0 bridgehead atoms. The van der Waals surface area contributed by atoms with Gasteiger partial charge in [-0.1, -0.05) is 18.2 Å². The number of amides is 2. The molecule has 2 fully saturated rings. The molecular formula is C19H27N3O2. The lowest BCUT2D eigenvalue weighted by Gasteiger charge is -2.34.